The van der Waals surface area contributed by atoms with Gasteiger partial charge in [0.2, 0.25) is 5.90 Å². The molecule has 0 spiro atoms. The van der Waals surface area contributed by atoms with Crippen molar-refractivity contribution in [1.29, 1.82) is 0 Å². The molecule has 0 unspecified atom stereocenters. The Balaban J connectivity index is 1.53. The fourth-order valence-electron chi connectivity index (χ4n) is 3.44. The summed E-state index contributed by atoms with van der Waals surface area (Å²) in [6.07, 6.45) is 1.55. The number of Topliss-reactive ketones (excluding diaryl/α,β-unsaturated/α-hetero) is 1. The lowest BCUT2D eigenvalue weighted by molar-refractivity contribution is -0.129. The monoisotopic (exact) mass is 475 g/mol. The standard InChI is InChI=1S/C27H22FNO6/c1-16(30)18-8-9-20(24(14-18)32-2)15-34-23-10-7-17(12-25(23)33-3)11-22-27(31)35-26(29-22)19-5-4-6-21(28)13-19/h4-14H,15H2,1-3H3. The Morgan fingerprint density at radius 1 is 1.00 bits per heavy atom. The van der Waals surface area contributed by atoms with Crippen LogP contribution in [0, 0.1) is 5.82 Å². The van der Waals surface area contributed by atoms with Gasteiger partial charge in [-0.25, -0.2) is 14.2 Å². The lowest BCUT2D eigenvalue weighted by Crippen LogP contribution is -2.05. The van der Waals surface area contributed by atoms with Crippen LogP contribution in [0.5, 0.6) is 17.2 Å². The van der Waals surface area contributed by atoms with Crippen molar-refractivity contribution in [1.82, 2.24) is 0 Å². The molecular formula is C27H22FNO6. The van der Waals surface area contributed by atoms with Crippen LogP contribution in [-0.4, -0.2) is 31.9 Å². The van der Waals surface area contributed by atoms with Crippen molar-refractivity contribution in [2.75, 3.05) is 14.2 Å². The van der Waals surface area contributed by atoms with Crippen molar-refractivity contribution in [2.24, 2.45) is 4.99 Å². The maximum absolute atomic E-state index is 13.5. The lowest BCUT2D eigenvalue weighted by Gasteiger charge is -2.14. The fourth-order valence-corrected chi connectivity index (χ4v) is 3.44. The van der Waals surface area contributed by atoms with Crippen LogP contribution in [0.1, 0.15) is 34.0 Å². The average molecular weight is 475 g/mol. The van der Waals surface area contributed by atoms with E-state index in [1.54, 1.807) is 48.5 Å². The molecule has 178 valence electrons. The molecule has 0 aromatic heterocycles. The third-order valence-corrected chi connectivity index (χ3v) is 5.26. The summed E-state index contributed by atoms with van der Waals surface area (Å²) in [6, 6.07) is 16.0. The number of ketones is 1. The Labute approximate surface area is 201 Å². The molecule has 7 nitrogen and oxygen atoms in total. The second-order valence-electron chi connectivity index (χ2n) is 7.63. The molecule has 35 heavy (non-hydrogen) atoms. The Bertz CT molecular complexity index is 1360. The Hall–Kier alpha value is -4.46. The number of nitrogens with zero attached hydrogens (tertiary/aromatic N) is 1. The van der Waals surface area contributed by atoms with Crippen LogP contribution in [0.2, 0.25) is 0 Å². The average Bonchev–Trinajstić information content (AvgIpc) is 3.22. The van der Waals surface area contributed by atoms with Crippen molar-refractivity contribution in [3.8, 4) is 17.2 Å². The van der Waals surface area contributed by atoms with E-state index in [1.165, 1.54) is 39.3 Å². The number of halogens is 1. The van der Waals surface area contributed by atoms with Crippen molar-refractivity contribution in [3.63, 3.8) is 0 Å². The van der Waals surface area contributed by atoms with E-state index in [9.17, 15) is 14.0 Å². The van der Waals surface area contributed by atoms with Crippen LogP contribution in [0.4, 0.5) is 4.39 Å². The molecule has 4 rings (SSSR count). The van der Waals surface area contributed by atoms with Gasteiger partial charge in [0.15, 0.2) is 23.0 Å². The quantitative estimate of drug-likeness (QED) is 0.260. The first-order valence-electron chi connectivity index (χ1n) is 10.6. The summed E-state index contributed by atoms with van der Waals surface area (Å²) in [7, 11) is 3.03. The van der Waals surface area contributed by atoms with Gasteiger partial charge in [0.05, 0.1) is 14.2 Å². The summed E-state index contributed by atoms with van der Waals surface area (Å²) in [6.45, 7) is 1.68. The fraction of sp³-hybridized carbons (Fsp3) is 0.148. The van der Waals surface area contributed by atoms with Gasteiger partial charge >= 0.3 is 5.97 Å². The summed E-state index contributed by atoms with van der Waals surface area (Å²) >= 11 is 0. The molecule has 0 atom stereocenters. The maximum atomic E-state index is 13.5. The lowest BCUT2D eigenvalue weighted by atomic mass is 10.1. The molecule has 0 bridgehead atoms. The summed E-state index contributed by atoms with van der Waals surface area (Å²) in [5.74, 6) is 0.364. The highest BCUT2D eigenvalue weighted by atomic mass is 19.1. The first-order chi connectivity index (χ1) is 16.9. The number of aliphatic imine (C=N–C) groups is 1. The Morgan fingerprint density at radius 3 is 2.51 bits per heavy atom. The molecule has 0 fully saturated rings. The molecule has 8 heteroatoms. The van der Waals surface area contributed by atoms with E-state index in [2.05, 4.69) is 4.99 Å². The molecule has 0 aliphatic carbocycles. The van der Waals surface area contributed by atoms with E-state index in [1.807, 2.05) is 0 Å². The molecular weight excluding hydrogens is 453 g/mol. The van der Waals surface area contributed by atoms with Gasteiger partial charge in [0.25, 0.3) is 0 Å². The number of benzene rings is 3. The number of hydrogen-bond donors (Lipinski definition) is 0. The molecule has 3 aromatic carbocycles. The van der Waals surface area contributed by atoms with E-state index in [4.69, 9.17) is 18.9 Å². The van der Waals surface area contributed by atoms with E-state index in [0.717, 1.165) is 5.56 Å². The zero-order valence-corrected chi connectivity index (χ0v) is 19.3. The van der Waals surface area contributed by atoms with Gasteiger partial charge in [-0.05, 0) is 55.0 Å². The van der Waals surface area contributed by atoms with Crippen LogP contribution in [0.15, 0.2) is 71.4 Å². The van der Waals surface area contributed by atoms with Gasteiger partial charge in [-0.3, -0.25) is 4.79 Å². The minimum atomic E-state index is -0.635. The topological polar surface area (TPSA) is 83.4 Å². The second kappa shape index (κ2) is 10.2. The SMILES string of the molecule is COc1cc(C(C)=O)ccc1COc1ccc(C=C2N=C(c3cccc(F)c3)OC2=O)cc1OC. The summed E-state index contributed by atoms with van der Waals surface area (Å²) in [5.41, 5.74) is 2.40. The number of carbonyl (C=O) groups excluding carboxylic acids is 2. The van der Waals surface area contributed by atoms with Crippen molar-refractivity contribution < 1.29 is 32.9 Å². The highest BCUT2D eigenvalue weighted by Crippen LogP contribution is 2.31. The Morgan fingerprint density at radius 2 is 1.80 bits per heavy atom. The van der Waals surface area contributed by atoms with Crippen LogP contribution in [0.25, 0.3) is 6.08 Å². The van der Waals surface area contributed by atoms with Crippen molar-refractivity contribution in [3.05, 3.63) is 94.4 Å². The van der Waals surface area contributed by atoms with Gasteiger partial charge in [-0.2, -0.15) is 0 Å². The molecule has 0 saturated heterocycles. The van der Waals surface area contributed by atoms with Crippen molar-refractivity contribution in [2.45, 2.75) is 13.5 Å². The number of ether oxygens (including phenoxy) is 4. The normalized spacial score (nSPS) is 13.9. The number of carbonyl (C=O) groups is 2. The largest absolute Gasteiger partial charge is 0.496 e. The highest BCUT2D eigenvalue weighted by Gasteiger charge is 2.24. The number of hydrogen-bond acceptors (Lipinski definition) is 7. The van der Waals surface area contributed by atoms with Crippen LogP contribution in [-0.2, 0) is 16.1 Å². The predicted octanol–water partition coefficient (Wildman–Crippen LogP) is 4.97. The molecule has 0 saturated carbocycles. The molecule has 1 heterocycles. The predicted molar refractivity (Wildman–Crippen MR) is 127 cm³/mol. The zero-order chi connectivity index (χ0) is 24.9. The minimum absolute atomic E-state index is 0.0393. The Kier molecular flexibility index (Phi) is 6.91. The van der Waals surface area contributed by atoms with Gasteiger partial charge < -0.3 is 18.9 Å². The minimum Gasteiger partial charge on any atom is -0.496 e. The maximum Gasteiger partial charge on any atom is 0.363 e. The van der Waals surface area contributed by atoms with Gasteiger partial charge in [-0.15, -0.1) is 0 Å². The van der Waals surface area contributed by atoms with Crippen LogP contribution >= 0.6 is 0 Å². The summed E-state index contributed by atoms with van der Waals surface area (Å²) in [4.78, 5) is 28.1. The molecule has 1 aliphatic heterocycles. The van der Waals surface area contributed by atoms with Crippen LogP contribution < -0.4 is 14.2 Å². The smallest absolute Gasteiger partial charge is 0.363 e. The molecule has 0 N–H and O–H groups in total. The number of rotatable bonds is 8. The summed E-state index contributed by atoms with van der Waals surface area (Å²) < 4.78 is 35.4. The van der Waals surface area contributed by atoms with E-state index in [0.29, 0.717) is 33.9 Å². The highest BCUT2D eigenvalue weighted by molar-refractivity contribution is 6.12. The number of esters is 1. The van der Waals surface area contributed by atoms with Crippen LogP contribution in [0.3, 0.4) is 0 Å². The van der Waals surface area contributed by atoms with Crippen molar-refractivity contribution >= 4 is 23.7 Å². The molecule has 0 radical (unpaired) electrons. The van der Waals surface area contributed by atoms with E-state index >= 15 is 0 Å². The molecule has 3 aromatic rings. The third kappa shape index (κ3) is 5.38. The third-order valence-electron chi connectivity index (χ3n) is 5.26. The van der Waals surface area contributed by atoms with E-state index < -0.39 is 11.8 Å². The van der Waals surface area contributed by atoms with Gasteiger partial charge in [-0.1, -0.05) is 24.3 Å². The first-order valence-corrected chi connectivity index (χ1v) is 10.6. The van der Waals surface area contributed by atoms with E-state index in [-0.39, 0.29) is 24.0 Å². The molecule has 0 amide bonds. The first kappa shape index (κ1) is 23.7. The van der Waals surface area contributed by atoms with Gasteiger partial charge in [0.1, 0.15) is 18.2 Å². The second-order valence-corrected chi connectivity index (χ2v) is 7.63. The molecule has 1 aliphatic rings. The van der Waals surface area contributed by atoms with Gasteiger partial charge in [0, 0.05) is 16.7 Å². The summed E-state index contributed by atoms with van der Waals surface area (Å²) in [5, 5.41) is 0. The number of cyclic esters (lactones) is 1. The zero-order valence-electron chi connectivity index (χ0n) is 19.3. The number of methoxy groups -OCH3 is 2.